The lowest BCUT2D eigenvalue weighted by Gasteiger charge is -2.36. The molecular formula is C16H19F2NO4. The van der Waals surface area contributed by atoms with Crippen molar-refractivity contribution in [2.75, 3.05) is 32.9 Å². The standard InChI is InChI=1S/C16H19F2NO4/c17-16(18)22-13-2-1-11(5-14(13)23-16)6-19-7-12-8-21-4-3-15(12,9-19)10-20/h1-2,5,12,20H,3-4,6-10H2/t12-,15-/m1/s1. The number of halogens is 2. The predicted octanol–water partition coefficient (Wildman–Crippen LogP) is 1.84. The Kier molecular flexibility index (Phi) is 3.48. The number of aliphatic hydroxyl groups excluding tert-OH is 1. The quantitative estimate of drug-likeness (QED) is 0.918. The van der Waals surface area contributed by atoms with E-state index >= 15 is 0 Å². The van der Waals surface area contributed by atoms with Gasteiger partial charge in [0, 0.05) is 37.6 Å². The van der Waals surface area contributed by atoms with Crippen LogP contribution < -0.4 is 9.47 Å². The molecule has 0 aliphatic carbocycles. The van der Waals surface area contributed by atoms with Crippen LogP contribution in [-0.2, 0) is 11.3 Å². The van der Waals surface area contributed by atoms with E-state index in [4.69, 9.17) is 4.74 Å². The number of hydrogen-bond donors (Lipinski definition) is 1. The van der Waals surface area contributed by atoms with Crippen molar-refractivity contribution in [1.82, 2.24) is 4.90 Å². The average Bonchev–Trinajstić information content (AvgIpc) is 3.02. The highest BCUT2D eigenvalue weighted by molar-refractivity contribution is 5.45. The lowest BCUT2D eigenvalue weighted by Crippen LogP contribution is -2.41. The number of alkyl halides is 2. The van der Waals surface area contributed by atoms with Gasteiger partial charge in [-0.1, -0.05) is 6.07 Å². The van der Waals surface area contributed by atoms with Crippen molar-refractivity contribution in [1.29, 1.82) is 0 Å². The summed E-state index contributed by atoms with van der Waals surface area (Å²) in [5.41, 5.74) is 0.791. The Morgan fingerprint density at radius 1 is 1.26 bits per heavy atom. The maximum absolute atomic E-state index is 13.1. The van der Waals surface area contributed by atoms with E-state index in [0.717, 1.165) is 25.1 Å². The summed E-state index contributed by atoms with van der Waals surface area (Å²) in [6, 6.07) is 4.88. The third-order valence-electron chi connectivity index (χ3n) is 5.13. The van der Waals surface area contributed by atoms with E-state index < -0.39 is 6.29 Å². The number of fused-ring (bicyclic) bond motifs is 2. The van der Waals surface area contributed by atoms with Gasteiger partial charge in [0.1, 0.15) is 0 Å². The van der Waals surface area contributed by atoms with E-state index in [1.54, 1.807) is 12.1 Å². The van der Waals surface area contributed by atoms with Gasteiger partial charge in [-0.15, -0.1) is 8.78 Å². The van der Waals surface area contributed by atoms with Crippen LogP contribution in [0.3, 0.4) is 0 Å². The van der Waals surface area contributed by atoms with E-state index in [1.165, 1.54) is 6.07 Å². The Morgan fingerprint density at radius 2 is 2.09 bits per heavy atom. The van der Waals surface area contributed by atoms with Gasteiger partial charge in [-0.2, -0.15) is 0 Å². The summed E-state index contributed by atoms with van der Waals surface area (Å²) in [6.45, 7) is 3.77. The van der Waals surface area contributed by atoms with E-state index in [0.29, 0.717) is 25.7 Å². The lowest BCUT2D eigenvalue weighted by atomic mass is 9.75. The summed E-state index contributed by atoms with van der Waals surface area (Å²) < 4.78 is 40.6. The van der Waals surface area contributed by atoms with E-state index in [1.807, 2.05) is 0 Å². The highest BCUT2D eigenvalue weighted by Gasteiger charge is 2.48. The molecule has 23 heavy (non-hydrogen) atoms. The minimum Gasteiger partial charge on any atom is -0.396 e. The monoisotopic (exact) mass is 327 g/mol. The first kappa shape index (κ1) is 15.1. The molecule has 0 aromatic heterocycles. The Morgan fingerprint density at radius 3 is 2.87 bits per heavy atom. The molecule has 1 aromatic carbocycles. The maximum atomic E-state index is 13.1. The Balaban J connectivity index is 1.48. The van der Waals surface area contributed by atoms with Crippen LogP contribution in [0.25, 0.3) is 0 Å². The van der Waals surface area contributed by atoms with Crippen LogP contribution in [-0.4, -0.2) is 49.2 Å². The molecule has 0 bridgehead atoms. The van der Waals surface area contributed by atoms with Crippen LogP contribution in [0.2, 0.25) is 0 Å². The number of nitrogens with zero attached hydrogens (tertiary/aromatic N) is 1. The maximum Gasteiger partial charge on any atom is 0.586 e. The fourth-order valence-electron chi connectivity index (χ4n) is 3.89. The third kappa shape index (κ3) is 2.66. The zero-order valence-corrected chi connectivity index (χ0v) is 12.6. The minimum absolute atomic E-state index is 0.0640. The summed E-state index contributed by atoms with van der Waals surface area (Å²) >= 11 is 0. The van der Waals surface area contributed by atoms with Crippen LogP contribution in [0, 0.1) is 11.3 Å². The molecule has 5 nitrogen and oxygen atoms in total. The van der Waals surface area contributed by atoms with Crippen molar-refractivity contribution in [3.63, 3.8) is 0 Å². The van der Waals surface area contributed by atoms with Crippen LogP contribution in [0.1, 0.15) is 12.0 Å². The van der Waals surface area contributed by atoms with Crippen molar-refractivity contribution in [2.45, 2.75) is 19.3 Å². The molecule has 1 N–H and O–H groups in total. The molecule has 3 heterocycles. The van der Waals surface area contributed by atoms with Gasteiger partial charge in [-0.25, -0.2) is 0 Å². The molecule has 126 valence electrons. The van der Waals surface area contributed by atoms with E-state index in [-0.39, 0.29) is 23.5 Å². The first-order chi connectivity index (χ1) is 11.0. The number of likely N-dealkylation sites (tertiary alicyclic amines) is 1. The van der Waals surface area contributed by atoms with Crippen molar-refractivity contribution in [3.8, 4) is 11.5 Å². The first-order valence-corrected chi connectivity index (χ1v) is 7.79. The molecule has 0 saturated carbocycles. The molecule has 2 saturated heterocycles. The van der Waals surface area contributed by atoms with Crippen molar-refractivity contribution in [3.05, 3.63) is 23.8 Å². The molecule has 3 aliphatic rings. The number of rotatable bonds is 3. The molecule has 4 rings (SSSR count). The fraction of sp³-hybridized carbons (Fsp3) is 0.625. The van der Waals surface area contributed by atoms with E-state index in [9.17, 15) is 13.9 Å². The molecule has 0 radical (unpaired) electrons. The van der Waals surface area contributed by atoms with E-state index in [2.05, 4.69) is 14.4 Å². The summed E-state index contributed by atoms with van der Waals surface area (Å²) in [4.78, 5) is 2.24. The van der Waals surface area contributed by atoms with Gasteiger partial charge in [0.2, 0.25) is 0 Å². The van der Waals surface area contributed by atoms with Gasteiger partial charge in [0.25, 0.3) is 0 Å². The topological polar surface area (TPSA) is 51.2 Å². The van der Waals surface area contributed by atoms with Crippen molar-refractivity contribution < 1.29 is 28.1 Å². The molecule has 2 atom stereocenters. The molecule has 3 aliphatic heterocycles. The molecular weight excluding hydrogens is 308 g/mol. The van der Waals surface area contributed by atoms with Gasteiger partial charge < -0.3 is 19.3 Å². The van der Waals surface area contributed by atoms with Crippen LogP contribution in [0.15, 0.2) is 18.2 Å². The van der Waals surface area contributed by atoms with Gasteiger partial charge in [0.15, 0.2) is 11.5 Å². The average molecular weight is 327 g/mol. The first-order valence-electron chi connectivity index (χ1n) is 7.79. The normalized spacial score (nSPS) is 32.0. The highest BCUT2D eigenvalue weighted by atomic mass is 19.3. The van der Waals surface area contributed by atoms with Gasteiger partial charge in [0.05, 0.1) is 13.2 Å². The predicted molar refractivity (Wildman–Crippen MR) is 76.4 cm³/mol. The zero-order chi connectivity index (χ0) is 16.1. The van der Waals surface area contributed by atoms with Gasteiger partial charge in [-0.3, -0.25) is 4.90 Å². The molecule has 0 amide bonds. The molecule has 7 heteroatoms. The molecule has 2 fully saturated rings. The van der Waals surface area contributed by atoms with Crippen LogP contribution >= 0.6 is 0 Å². The Hall–Kier alpha value is -1.44. The number of ether oxygens (including phenoxy) is 3. The van der Waals surface area contributed by atoms with Gasteiger partial charge in [-0.05, 0) is 24.1 Å². The van der Waals surface area contributed by atoms with Crippen molar-refractivity contribution in [2.24, 2.45) is 11.3 Å². The van der Waals surface area contributed by atoms with Crippen molar-refractivity contribution >= 4 is 0 Å². The molecule has 1 aromatic rings. The summed E-state index contributed by atoms with van der Waals surface area (Å²) in [7, 11) is 0. The highest BCUT2D eigenvalue weighted by Crippen LogP contribution is 2.44. The zero-order valence-electron chi connectivity index (χ0n) is 12.6. The van der Waals surface area contributed by atoms with Gasteiger partial charge >= 0.3 is 6.29 Å². The largest absolute Gasteiger partial charge is 0.586 e. The fourth-order valence-corrected chi connectivity index (χ4v) is 3.89. The smallest absolute Gasteiger partial charge is 0.396 e. The Bertz CT molecular complexity index is 612. The summed E-state index contributed by atoms with van der Waals surface area (Å²) in [5, 5.41) is 9.82. The lowest BCUT2D eigenvalue weighted by molar-refractivity contribution is -0.286. The number of aliphatic hydroxyl groups is 1. The van der Waals surface area contributed by atoms with Crippen LogP contribution in [0.4, 0.5) is 8.78 Å². The summed E-state index contributed by atoms with van der Waals surface area (Å²) in [5.74, 6) is 0.456. The third-order valence-corrected chi connectivity index (χ3v) is 5.13. The second-order valence-electron chi connectivity index (χ2n) is 6.66. The van der Waals surface area contributed by atoms with Crippen LogP contribution in [0.5, 0.6) is 11.5 Å². The minimum atomic E-state index is -3.58. The summed E-state index contributed by atoms with van der Waals surface area (Å²) in [6.07, 6.45) is -2.72. The molecule has 0 unspecified atom stereocenters. The second-order valence-corrected chi connectivity index (χ2v) is 6.66. The molecule has 0 spiro atoms. The Labute approximate surface area is 132 Å². The number of benzene rings is 1. The second kappa shape index (κ2) is 5.29. The SMILES string of the molecule is OC[C@]12CCOC[C@H]1CN(Cc1ccc3c(c1)OC(F)(F)O3)C2. The number of hydrogen-bond acceptors (Lipinski definition) is 5.